The number of carboxylic acid groups (broad SMARTS) is 2. The molecule has 0 radical (unpaired) electrons. The molecule has 2 heterocycles. The largest absolute Gasteiger partial charge is 0.479 e. The number of carboxylic acids is 2. The van der Waals surface area contributed by atoms with Crippen LogP contribution < -0.4 is 0 Å². The highest BCUT2D eigenvalue weighted by Gasteiger charge is 2.69. The van der Waals surface area contributed by atoms with Gasteiger partial charge in [-0.3, -0.25) is 19.2 Å². The van der Waals surface area contributed by atoms with Gasteiger partial charge in [0.25, 0.3) is 0 Å². The molecule has 2 aliphatic heterocycles. The van der Waals surface area contributed by atoms with E-state index < -0.39 is 137 Å². The number of Topliss-reactive ketones (excluding diaryl/α,β-unsaturated/α-hetero) is 2. The first-order chi connectivity index (χ1) is 34.3. The van der Waals surface area contributed by atoms with Gasteiger partial charge in [0.15, 0.2) is 47.7 Å². The van der Waals surface area contributed by atoms with Crippen molar-refractivity contribution in [3.63, 3.8) is 0 Å². The van der Waals surface area contributed by atoms with Crippen LogP contribution in [0.2, 0.25) is 0 Å². The van der Waals surface area contributed by atoms with Gasteiger partial charge >= 0.3 is 11.9 Å². The van der Waals surface area contributed by atoms with Crippen molar-refractivity contribution in [1.82, 2.24) is 0 Å². The number of hydrogen-bond acceptors (Lipinski definition) is 16. The van der Waals surface area contributed by atoms with Crippen molar-refractivity contribution in [2.45, 2.75) is 184 Å². The Kier molecular flexibility index (Phi) is 13.0. The van der Waals surface area contributed by atoms with Crippen molar-refractivity contribution in [3.8, 4) is 0 Å². The number of aliphatic carboxylic acids is 2. The van der Waals surface area contributed by atoms with Crippen molar-refractivity contribution >= 4 is 35.1 Å². The number of ether oxygens (including phenoxy) is 4. The Morgan fingerprint density at radius 3 is 2.14 bits per heavy atom. The fraction of sp³-hybridized carbons (Fsp3) is 0.741. The summed E-state index contributed by atoms with van der Waals surface area (Å²) in [5, 5.41) is 89.7. The van der Waals surface area contributed by atoms with Crippen LogP contribution >= 0.6 is 0 Å². The van der Waals surface area contributed by atoms with Gasteiger partial charge in [0.05, 0.1) is 0 Å². The highest BCUT2D eigenvalue weighted by molar-refractivity contribution is 5.93. The van der Waals surface area contributed by atoms with E-state index in [1.54, 1.807) is 6.08 Å². The summed E-state index contributed by atoms with van der Waals surface area (Å²) in [6, 6.07) is 0. The number of allylic oxidation sites excluding steroid dienone is 8. The highest BCUT2D eigenvalue weighted by atomic mass is 19.1. The molecule has 0 aromatic rings. The lowest BCUT2D eigenvalue weighted by Crippen LogP contribution is -2.75. The number of aliphatic hydroxyl groups excluding tert-OH is 6. The molecule has 10 rings (SSSR count). The lowest BCUT2D eigenvalue weighted by Gasteiger charge is -2.59. The Bertz CT molecular complexity index is 2490. The zero-order valence-corrected chi connectivity index (χ0v) is 41.6. The Morgan fingerprint density at radius 1 is 0.767 bits per heavy atom. The predicted octanol–water partition coefficient (Wildman–Crippen LogP) is 2.77. The molecule has 0 amide bonds. The van der Waals surface area contributed by atoms with Gasteiger partial charge in [0.1, 0.15) is 48.9 Å². The highest BCUT2D eigenvalue weighted by Crippen LogP contribution is 2.69. The second-order valence-electron chi connectivity index (χ2n) is 24.0. The Hall–Kier alpha value is -3.89. The number of aliphatic hydroxyl groups is 6. The van der Waals surface area contributed by atoms with E-state index in [0.717, 1.165) is 5.57 Å². The third kappa shape index (κ3) is 7.66. The minimum Gasteiger partial charge on any atom is -0.479 e. The average molecular weight is 1030 g/mol. The molecular weight excluding hydrogens is 956 g/mol. The maximum Gasteiger partial charge on any atom is 0.335 e. The second kappa shape index (κ2) is 18.1. The van der Waals surface area contributed by atoms with E-state index in [1.807, 2.05) is 32.9 Å². The number of fused-ring (bicyclic) bond motifs is 10. The van der Waals surface area contributed by atoms with Crippen LogP contribution in [0.5, 0.6) is 0 Å². The number of halogens is 1. The first kappa shape index (κ1) is 52.5. The number of rotatable bonds is 11. The maximum absolute atomic E-state index is 17.6. The summed E-state index contributed by atoms with van der Waals surface area (Å²) in [5.41, 5.74) is -1.56. The molecule has 0 aromatic heterocycles. The number of carbonyl (C=O) groups excluding carboxylic acids is 4. The quantitative estimate of drug-likeness (QED) is 0.138. The standard InChI is InChI=1S/C54H69FO18/c1-49-16-13-26(56)21-24(49)5-7-28-29-9-12-34(50(29,2)17-15-30(28)49)36(59)44(64)54(45(65)40(63)39(62)42(72-54)47(68)69)73-43-38(61)37(60)41(46(66)67)71-48(43)70-23-35(58)33-11-10-31-32-8-6-25-22-27(57)14-18-52(25,4)53(32,55)20-19-51(31,33)3/h6,8,15,21-22,28-29,31-34,37-45,48,60-65H,5,7,9-14,16-20,23H2,1-4H3,(H,66,67)(H,68,69)/t28?,29?,31-,32-,33+,34+,37-,38-,39-,40-,41-,42-,43+,44?,45+,48?,49-,50-,51-,52-,53+,54?/m0/s1. The molecule has 10 aliphatic rings. The van der Waals surface area contributed by atoms with Gasteiger partial charge < -0.3 is 59.8 Å². The third-order valence-electron chi connectivity index (χ3n) is 20.8. The number of alkyl halides is 1. The van der Waals surface area contributed by atoms with Crippen molar-refractivity contribution in [3.05, 3.63) is 47.1 Å². The Balaban J connectivity index is 0.935. The molecule has 6 fully saturated rings. The maximum atomic E-state index is 17.6. The van der Waals surface area contributed by atoms with Gasteiger partial charge in [0.2, 0.25) is 5.79 Å². The van der Waals surface area contributed by atoms with Crippen molar-refractivity contribution in [2.24, 2.45) is 57.2 Å². The lowest BCUT2D eigenvalue weighted by atomic mass is 9.47. The molecule has 8 aliphatic carbocycles. The molecule has 5 unspecified atom stereocenters. The molecule has 0 aromatic carbocycles. The number of ketones is 4. The molecule has 73 heavy (non-hydrogen) atoms. The van der Waals surface area contributed by atoms with Gasteiger partial charge in [-0.05, 0) is 117 Å². The predicted molar refractivity (Wildman–Crippen MR) is 249 cm³/mol. The zero-order chi connectivity index (χ0) is 52.7. The second-order valence-corrected chi connectivity index (χ2v) is 24.0. The molecule has 18 nitrogen and oxygen atoms in total. The van der Waals surface area contributed by atoms with E-state index in [-0.39, 0.29) is 54.0 Å². The first-order valence-electron chi connectivity index (χ1n) is 26.1. The molecule has 19 heteroatoms. The Labute approximate surface area is 421 Å². The zero-order valence-electron chi connectivity index (χ0n) is 41.6. The summed E-state index contributed by atoms with van der Waals surface area (Å²) in [6.45, 7) is 6.99. The van der Waals surface area contributed by atoms with Gasteiger partial charge in [-0.15, -0.1) is 0 Å². The summed E-state index contributed by atoms with van der Waals surface area (Å²) >= 11 is 0. The van der Waals surface area contributed by atoms with E-state index in [9.17, 15) is 64.8 Å². The topological polar surface area (TPSA) is 301 Å². The van der Waals surface area contributed by atoms with Gasteiger partial charge in [-0.2, -0.15) is 0 Å². The van der Waals surface area contributed by atoms with Crippen LogP contribution in [0.15, 0.2) is 47.1 Å². The monoisotopic (exact) mass is 1020 g/mol. The van der Waals surface area contributed by atoms with Crippen LogP contribution in [0, 0.1) is 57.2 Å². The summed E-state index contributed by atoms with van der Waals surface area (Å²) in [5.74, 6) is -11.2. The lowest BCUT2D eigenvalue weighted by molar-refractivity contribution is -0.418. The van der Waals surface area contributed by atoms with Crippen LogP contribution in [-0.2, 0) is 47.7 Å². The average Bonchev–Trinajstić information content (AvgIpc) is 3.89. The first-order valence-corrected chi connectivity index (χ1v) is 26.1. The minimum atomic E-state index is -3.39. The van der Waals surface area contributed by atoms with Gasteiger partial charge in [-0.25, -0.2) is 14.0 Å². The number of hydrogen-bond donors (Lipinski definition) is 8. The van der Waals surface area contributed by atoms with Gasteiger partial charge in [0, 0.05) is 41.4 Å². The molecular formula is C54H69FO18. The van der Waals surface area contributed by atoms with E-state index in [4.69, 9.17) is 18.9 Å². The van der Waals surface area contributed by atoms with Crippen LogP contribution in [-0.4, -0.2) is 155 Å². The van der Waals surface area contributed by atoms with Crippen molar-refractivity contribution in [1.29, 1.82) is 0 Å². The molecule has 400 valence electrons. The Morgan fingerprint density at radius 2 is 1.42 bits per heavy atom. The normalized spacial score (nSPS) is 49.4. The summed E-state index contributed by atoms with van der Waals surface area (Å²) in [7, 11) is 0. The molecule has 0 bridgehead atoms. The van der Waals surface area contributed by atoms with Crippen LogP contribution in [0.1, 0.15) is 111 Å². The fourth-order valence-electron chi connectivity index (χ4n) is 16.4. The van der Waals surface area contributed by atoms with Crippen LogP contribution in [0.4, 0.5) is 4.39 Å². The summed E-state index contributed by atoms with van der Waals surface area (Å²) in [6.07, 6.45) is -9.75. The van der Waals surface area contributed by atoms with E-state index in [0.29, 0.717) is 69.8 Å². The fourth-order valence-corrected chi connectivity index (χ4v) is 16.4. The third-order valence-corrected chi connectivity index (χ3v) is 20.8. The summed E-state index contributed by atoms with van der Waals surface area (Å²) in [4.78, 5) is 79.5. The molecule has 4 saturated carbocycles. The summed E-state index contributed by atoms with van der Waals surface area (Å²) < 4.78 is 41.2. The number of carbonyl (C=O) groups is 6. The van der Waals surface area contributed by atoms with E-state index in [1.165, 1.54) is 11.6 Å². The molecule has 8 N–H and O–H groups in total. The van der Waals surface area contributed by atoms with Gasteiger partial charge in [-0.1, -0.05) is 57.1 Å². The smallest absolute Gasteiger partial charge is 0.335 e. The van der Waals surface area contributed by atoms with Crippen LogP contribution in [0.25, 0.3) is 0 Å². The minimum absolute atomic E-state index is 0.0221. The van der Waals surface area contributed by atoms with E-state index in [2.05, 4.69) is 13.0 Å². The van der Waals surface area contributed by atoms with E-state index >= 15 is 9.18 Å². The SMILES string of the molecule is C[C@]12CCC(=O)C=C1CCC1C2=CC[C@@]2(C)C1CC[C@@H]2C(=O)C(O)C1(O[C@H]2C(OCC(=O)[C@H]3CC[C@H]4[C@@H]5C=CC6=CC(=O)CC[C@]6(C)[C@@]5(F)CC[C@]34C)O[C@H](C(=O)O)[C@@H](O)[C@@H]2O)O[C@H](C(=O)O)[C@@H](O)[C@H](O)[C@H]1O. The van der Waals surface area contributed by atoms with Crippen LogP contribution in [0.3, 0.4) is 0 Å². The van der Waals surface area contributed by atoms with Crippen molar-refractivity contribution in [2.75, 3.05) is 6.61 Å². The molecule has 22 atom stereocenters. The van der Waals surface area contributed by atoms with Crippen molar-refractivity contribution < 1.29 is 93.0 Å². The molecule has 2 saturated heterocycles. The molecule has 0 spiro atoms.